The van der Waals surface area contributed by atoms with Crippen LogP contribution in [0.5, 0.6) is 0 Å². The molecule has 5 heteroatoms. The van der Waals surface area contributed by atoms with Gasteiger partial charge in [-0.25, -0.2) is 0 Å². The number of benzene rings is 1. The van der Waals surface area contributed by atoms with Gasteiger partial charge in [-0.1, -0.05) is 29.8 Å². The van der Waals surface area contributed by atoms with E-state index in [1.54, 1.807) is 12.1 Å². The zero-order chi connectivity index (χ0) is 11.3. The van der Waals surface area contributed by atoms with Gasteiger partial charge >= 0.3 is 0 Å². The molecule has 0 bridgehead atoms. The van der Waals surface area contributed by atoms with Gasteiger partial charge in [0.15, 0.2) is 0 Å². The largest absolute Gasteiger partial charge is 0.288 e. The molecular formula is C10H9Cl2NO2. The Morgan fingerprint density at radius 2 is 2.20 bits per heavy atom. The summed E-state index contributed by atoms with van der Waals surface area (Å²) in [6.07, 6.45) is 4.38. The van der Waals surface area contributed by atoms with Crippen LogP contribution in [0.3, 0.4) is 0 Å². The zero-order valence-corrected chi connectivity index (χ0v) is 9.33. The molecule has 80 valence electrons. The third-order valence-corrected chi connectivity index (χ3v) is 2.29. The van der Waals surface area contributed by atoms with Gasteiger partial charge in [0, 0.05) is 11.9 Å². The number of alkyl halides is 1. The Kier molecular flexibility index (Phi) is 4.59. The van der Waals surface area contributed by atoms with E-state index in [2.05, 4.69) is 0 Å². The summed E-state index contributed by atoms with van der Waals surface area (Å²) in [6, 6.07) is 4.67. The van der Waals surface area contributed by atoms with Crippen molar-refractivity contribution < 1.29 is 4.92 Å². The van der Waals surface area contributed by atoms with E-state index >= 15 is 0 Å². The lowest BCUT2D eigenvalue weighted by Gasteiger charge is -1.96. The molecule has 0 saturated heterocycles. The first-order valence-corrected chi connectivity index (χ1v) is 5.23. The second kappa shape index (κ2) is 5.73. The minimum atomic E-state index is -0.499. The Labute approximate surface area is 97.5 Å². The normalized spacial score (nSPS) is 10.8. The summed E-state index contributed by atoms with van der Waals surface area (Å²) >= 11 is 11.2. The van der Waals surface area contributed by atoms with E-state index in [4.69, 9.17) is 23.2 Å². The Balaban J connectivity index is 2.92. The van der Waals surface area contributed by atoms with E-state index < -0.39 is 4.92 Å². The highest BCUT2D eigenvalue weighted by Gasteiger charge is 2.11. The molecule has 0 aliphatic carbocycles. The molecule has 0 spiro atoms. The first-order chi connectivity index (χ1) is 7.15. The predicted molar refractivity (Wildman–Crippen MR) is 62.5 cm³/mol. The summed E-state index contributed by atoms with van der Waals surface area (Å²) in [5.74, 6) is 0.534. The topological polar surface area (TPSA) is 43.1 Å². The highest BCUT2D eigenvalue weighted by Crippen LogP contribution is 2.25. The quantitative estimate of drug-likeness (QED) is 0.459. The lowest BCUT2D eigenvalue weighted by Crippen LogP contribution is -1.89. The van der Waals surface area contributed by atoms with Crippen LogP contribution in [-0.2, 0) is 0 Å². The van der Waals surface area contributed by atoms with E-state index in [0.29, 0.717) is 5.88 Å². The highest BCUT2D eigenvalue weighted by molar-refractivity contribution is 6.32. The maximum atomic E-state index is 10.6. The van der Waals surface area contributed by atoms with E-state index in [-0.39, 0.29) is 10.7 Å². The molecule has 15 heavy (non-hydrogen) atoms. The van der Waals surface area contributed by atoms with Gasteiger partial charge in [0.05, 0.1) is 4.92 Å². The second-order valence-corrected chi connectivity index (χ2v) is 3.63. The molecule has 1 aromatic carbocycles. The number of rotatable bonds is 4. The number of nitrogens with zero attached hydrogens (tertiary/aromatic N) is 1. The number of nitro groups is 1. The van der Waals surface area contributed by atoms with Crippen LogP contribution in [0.1, 0.15) is 12.0 Å². The molecule has 3 nitrogen and oxygen atoms in total. The summed E-state index contributed by atoms with van der Waals surface area (Å²) in [5.41, 5.74) is 0.668. The van der Waals surface area contributed by atoms with Crippen molar-refractivity contribution in [3.8, 4) is 0 Å². The number of allylic oxidation sites excluding steroid dienone is 1. The molecule has 1 aromatic rings. The van der Waals surface area contributed by atoms with Crippen molar-refractivity contribution >= 4 is 35.0 Å². The molecule has 0 aromatic heterocycles. The highest BCUT2D eigenvalue weighted by atomic mass is 35.5. The number of hydrogen-bond acceptors (Lipinski definition) is 2. The summed E-state index contributed by atoms with van der Waals surface area (Å²) in [6.45, 7) is 0. The molecule has 0 aliphatic rings. The Morgan fingerprint density at radius 3 is 2.80 bits per heavy atom. The van der Waals surface area contributed by atoms with Gasteiger partial charge in [0.25, 0.3) is 5.69 Å². The van der Waals surface area contributed by atoms with Crippen LogP contribution in [0.25, 0.3) is 6.08 Å². The predicted octanol–water partition coefficient (Wildman–Crippen LogP) is 3.89. The molecule has 0 N–H and O–H groups in total. The van der Waals surface area contributed by atoms with Crippen molar-refractivity contribution in [2.75, 3.05) is 5.88 Å². The number of halogens is 2. The molecule has 1 rings (SSSR count). The van der Waals surface area contributed by atoms with E-state index in [1.165, 1.54) is 12.1 Å². The van der Waals surface area contributed by atoms with Crippen molar-refractivity contribution in [3.05, 3.63) is 45.0 Å². The molecule has 0 heterocycles. The minimum absolute atomic E-state index is 0.0790. The Morgan fingerprint density at radius 1 is 1.47 bits per heavy atom. The lowest BCUT2D eigenvalue weighted by atomic mass is 10.2. The van der Waals surface area contributed by atoms with Crippen LogP contribution in [0.2, 0.25) is 5.02 Å². The molecule has 0 amide bonds. The first kappa shape index (κ1) is 12.0. The van der Waals surface area contributed by atoms with Crippen LogP contribution in [0.4, 0.5) is 5.69 Å². The monoisotopic (exact) mass is 245 g/mol. The SMILES string of the molecule is O=[N+]([O-])c1cc(C=CCCCl)ccc1Cl. The maximum Gasteiger partial charge on any atom is 0.288 e. The van der Waals surface area contributed by atoms with Gasteiger partial charge in [0.2, 0.25) is 0 Å². The molecule has 0 atom stereocenters. The standard InChI is InChI=1S/C10H9Cl2NO2/c11-6-2-1-3-8-4-5-9(12)10(7-8)13(14)15/h1,3-5,7H,2,6H2. The number of nitro benzene ring substituents is 1. The van der Waals surface area contributed by atoms with Gasteiger partial charge in [-0.3, -0.25) is 10.1 Å². The summed E-state index contributed by atoms with van der Waals surface area (Å²) in [7, 11) is 0. The summed E-state index contributed by atoms with van der Waals surface area (Å²) in [5, 5.41) is 10.7. The van der Waals surface area contributed by atoms with Crippen LogP contribution in [-0.4, -0.2) is 10.8 Å². The van der Waals surface area contributed by atoms with Crippen molar-refractivity contribution in [1.29, 1.82) is 0 Å². The molecule has 0 fully saturated rings. The minimum Gasteiger partial charge on any atom is -0.258 e. The average Bonchev–Trinajstić information content (AvgIpc) is 2.20. The maximum absolute atomic E-state index is 10.6. The van der Waals surface area contributed by atoms with Gasteiger partial charge in [-0.15, -0.1) is 11.6 Å². The van der Waals surface area contributed by atoms with Gasteiger partial charge < -0.3 is 0 Å². The molecule has 0 aliphatic heterocycles. The molecule has 0 unspecified atom stereocenters. The smallest absolute Gasteiger partial charge is 0.258 e. The fourth-order valence-electron chi connectivity index (χ4n) is 1.06. The van der Waals surface area contributed by atoms with E-state index in [0.717, 1.165) is 12.0 Å². The van der Waals surface area contributed by atoms with E-state index in [9.17, 15) is 10.1 Å². The Bertz CT molecular complexity index is 391. The van der Waals surface area contributed by atoms with Crippen molar-refractivity contribution in [2.24, 2.45) is 0 Å². The second-order valence-electron chi connectivity index (χ2n) is 2.85. The summed E-state index contributed by atoms with van der Waals surface area (Å²) < 4.78 is 0. The fraction of sp³-hybridized carbons (Fsp3) is 0.200. The van der Waals surface area contributed by atoms with Crippen molar-refractivity contribution in [3.63, 3.8) is 0 Å². The van der Waals surface area contributed by atoms with Crippen LogP contribution >= 0.6 is 23.2 Å². The third-order valence-electron chi connectivity index (χ3n) is 1.75. The number of hydrogen-bond donors (Lipinski definition) is 0. The van der Waals surface area contributed by atoms with Gasteiger partial charge in [0.1, 0.15) is 5.02 Å². The third kappa shape index (κ3) is 3.53. The lowest BCUT2D eigenvalue weighted by molar-refractivity contribution is -0.384. The average molecular weight is 246 g/mol. The van der Waals surface area contributed by atoms with Crippen molar-refractivity contribution in [2.45, 2.75) is 6.42 Å². The summed E-state index contributed by atoms with van der Waals surface area (Å²) in [4.78, 5) is 10.1. The van der Waals surface area contributed by atoms with Crippen molar-refractivity contribution in [1.82, 2.24) is 0 Å². The van der Waals surface area contributed by atoms with Crippen LogP contribution in [0.15, 0.2) is 24.3 Å². The zero-order valence-electron chi connectivity index (χ0n) is 7.82. The van der Waals surface area contributed by atoms with Gasteiger partial charge in [-0.2, -0.15) is 0 Å². The van der Waals surface area contributed by atoms with E-state index in [1.807, 2.05) is 6.08 Å². The fourth-order valence-corrected chi connectivity index (χ4v) is 1.37. The first-order valence-electron chi connectivity index (χ1n) is 4.31. The Hall–Kier alpha value is -1.06. The van der Waals surface area contributed by atoms with Crippen LogP contribution in [0, 0.1) is 10.1 Å². The van der Waals surface area contributed by atoms with Gasteiger partial charge in [-0.05, 0) is 18.1 Å². The molecule has 0 saturated carbocycles. The van der Waals surface area contributed by atoms with Crippen LogP contribution < -0.4 is 0 Å². The molecule has 0 radical (unpaired) electrons. The molecular weight excluding hydrogens is 237 g/mol.